The molecule has 0 aliphatic rings. The first-order valence-electron chi connectivity index (χ1n) is 5.61. The molecule has 1 aromatic rings. The molecule has 0 bridgehead atoms. The Labute approximate surface area is 112 Å². The van der Waals surface area contributed by atoms with Crippen LogP contribution in [-0.2, 0) is 9.84 Å². The van der Waals surface area contributed by atoms with Gasteiger partial charge >= 0.3 is 5.97 Å². The normalized spacial score (nSPS) is 12.2. The van der Waals surface area contributed by atoms with Crippen LogP contribution in [-0.4, -0.2) is 37.0 Å². The maximum absolute atomic E-state index is 11.6. The van der Waals surface area contributed by atoms with Gasteiger partial charge in [0, 0.05) is 12.8 Å². The van der Waals surface area contributed by atoms with Crippen LogP contribution in [0, 0.1) is 0 Å². The second kappa shape index (κ2) is 5.08. The fraction of sp³-hybridized carbons (Fsp3) is 0.417. The van der Waals surface area contributed by atoms with Crippen LogP contribution in [0.5, 0.6) is 0 Å². The number of carbonyl (C=O) groups is 1. The quantitative estimate of drug-likeness (QED) is 0.702. The molecule has 0 atom stereocenters. The van der Waals surface area contributed by atoms with E-state index in [2.05, 4.69) is 5.32 Å². The number of hydrogen-bond donors (Lipinski definition) is 3. The third-order valence-corrected chi connectivity index (χ3v) is 5.16. The van der Waals surface area contributed by atoms with Crippen molar-refractivity contribution in [1.82, 2.24) is 0 Å². The number of carboxylic acids is 1. The highest BCUT2D eigenvalue weighted by Crippen LogP contribution is 2.22. The summed E-state index contributed by atoms with van der Waals surface area (Å²) < 4.78 is 22.2. The van der Waals surface area contributed by atoms with Crippen molar-refractivity contribution in [3.8, 4) is 0 Å². The first kappa shape index (κ1) is 15.3. The fourth-order valence-electron chi connectivity index (χ4n) is 1.30. The van der Waals surface area contributed by atoms with Crippen molar-refractivity contribution >= 4 is 27.2 Å². The monoisotopic (exact) mass is 286 g/mol. The van der Waals surface area contributed by atoms with Gasteiger partial charge in [-0.1, -0.05) is 0 Å². The SMILES string of the molecule is CC(C)(CNc1ccc(C(=O)O)cc1N)S(C)(=O)=O. The Kier molecular flexibility index (Phi) is 4.09. The summed E-state index contributed by atoms with van der Waals surface area (Å²) in [5.41, 5.74) is 6.59. The molecule has 0 radical (unpaired) electrons. The minimum atomic E-state index is -3.20. The van der Waals surface area contributed by atoms with Crippen LogP contribution in [0.4, 0.5) is 11.4 Å². The molecule has 0 aromatic heterocycles. The Morgan fingerprint density at radius 1 is 1.42 bits per heavy atom. The van der Waals surface area contributed by atoms with E-state index in [0.29, 0.717) is 5.69 Å². The third kappa shape index (κ3) is 3.60. The Morgan fingerprint density at radius 3 is 2.42 bits per heavy atom. The number of nitrogens with two attached hydrogens (primary N) is 1. The molecule has 0 aliphatic heterocycles. The molecule has 106 valence electrons. The van der Waals surface area contributed by atoms with Crippen LogP contribution < -0.4 is 11.1 Å². The van der Waals surface area contributed by atoms with Crippen molar-refractivity contribution < 1.29 is 18.3 Å². The van der Waals surface area contributed by atoms with Crippen molar-refractivity contribution in [2.75, 3.05) is 23.9 Å². The number of carboxylic acid groups (broad SMARTS) is 1. The van der Waals surface area contributed by atoms with Crippen molar-refractivity contribution in [2.24, 2.45) is 0 Å². The number of nitrogens with one attached hydrogen (secondary N) is 1. The van der Waals surface area contributed by atoms with Gasteiger partial charge in [-0.2, -0.15) is 0 Å². The molecule has 7 heteroatoms. The molecule has 1 aromatic carbocycles. The fourth-order valence-corrected chi connectivity index (χ4v) is 1.63. The van der Waals surface area contributed by atoms with Gasteiger partial charge < -0.3 is 16.2 Å². The summed E-state index contributed by atoms with van der Waals surface area (Å²) in [7, 11) is -3.20. The number of hydrogen-bond acceptors (Lipinski definition) is 5. The van der Waals surface area contributed by atoms with E-state index in [1.54, 1.807) is 13.8 Å². The highest BCUT2D eigenvalue weighted by Gasteiger charge is 2.29. The van der Waals surface area contributed by atoms with E-state index in [1.165, 1.54) is 24.5 Å². The number of sulfone groups is 1. The van der Waals surface area contributed by atoms with Gasteiger partial charge in [-0.05, 0) is 32.0 Å². The second-order valence-electron chi connectivity index (χ2n) is 4.99. The first-order chi connectivity index (χ1) is 8.54. The predicted octanol–water partition coefficient (Wildman–Crippen LogP) is 1.20. The lowest BCUT2D eigenvalue weighted by Gasteiger charge is -2.24. The van der Waals surface area contributed by atoms with Gasteiger partial charge in [0.05, 0.1) is 21.7 Å². The van der Waals surface area contributed by atoms with Crippen LogP contribution in [0.15, 0.2) is 18.2 Å². The lowest BCUT2D eigenvalue weighted by Crippen LogP contribution is -2.38. The van der Waals surface area contributed by atoms with Crippen LogP contribution in [0.2, 0.25) is 0 Å². The molecule has 0 saturated carbocycles. The van der Waals surface area contributed by atoms with Crippen molar-refractivity contribution in [3.05, 3.63) is 23.8 Å². The average Bonchev–Trinajstić information content (AvgIpc) is 2.25. The summed E-state index contributed by atoms with van der Waals surface area (Å²) >= 11 is 0. The molecule has 0 heterocycles. The summed E-state index contributed by atoms with van der Waals surface area (Å²) in [6, 6.07) is 4.27. The van der Waals surface area contributed by atoms with E-state index in [1.807, 2.05) is 0 Å². The summed E-state index contributed by atoms with van der Waals surface area (Å²) in [5, 5.41) is 11.7. The number of nitrogen functional groups attached to an aromatic ring is 1. The van der Waals surface area contributed by atoms with E-state index in [4.69, 9.17) is 10.8 Å². The van der Waals surface area contributed by atoms with Crippen LogP contribution in [0.25, 0.3) is 0 Å². The van der Waals surface area contributed by atoms with Crippen LogP contribution >= 0.6 is 0 Å². The first-order valence-corrected chi connectivity index (χ1v) is 7.50. The van der Waals surface area contributed by atoms with Crippen molar-refractivity contribution in [1.29, 1.82) is 0 Å². The van der Waals surface area contributed by atoms with Crippen molar-refractivity contribution in [2.45, 2.75) is 18.6 Å². The van der Waals surface area contributed by atoms with E-state index in [-0.39, 0.29) is 17.8 Å². The Hall–Kier alpha value is -1.76. The minimum absolute atomic E-state index is 0.0884. The molecule has 1 rings (SSSR count). The lowest BCUT2D eigenvalue weighted by molar-refractivity contribution is 0.0697. The number of aromatic carboxylic acids is 1. The molecule has 4 N–H and O–H groups in total. The Bertz CT molecular complexity index is 594. The highest BCUT2D eigenvalue weighted by atomic mass is 32.2. The molecule has 6 nitrogen and oxygen atoms in total. The molecular formula is C12H18N2O4S. The maximum Gasteiger partial charge on any atom is 0.335 e. The molecule has 0 fully saturated rings. The van der Waals surface area contributed by atoms with E-state index < -0.39 is 20.6 Å². The van der Waals surface area contributed by atoms with Gasteiger partial charge in [-0.3, -0.25) is 0 Å². The molecule has 0 spiro atoms. The highest BCUT2D eigenvalue weighted by molar-refractivity contribution is 7.92. The minimum Gasteiger partial charge on any atom is -0.478 e. The van der Waals surface area contributed by atoms with Gasteiger partial charge in [0.2, 0.25) is 0 Å². The third-order valence-electron chi connectivity index (χ3n) is 3.01. The molecule has 0 amide bonds. The van der Waals surface area contributed by atoms with Gasteiger partial charge in [0.1, 0.15) is 0 Å². The summed E-state index contributed by atoms with van der Waals surface area (Å²) in [6.07, 6.45) is 1.17. The zero-order valence-electron chi connectivity index (χ0n) is 11.1. The summed E-state index contributed by atoms with van der Waals surface area (Å²) in [5.74, 6) is -1.06. The molecule has 0 aliphatic carbocycles. The van der Waals surface area contributed by atoms with Gasteiger partial charge in [-0.15, -0.1) is 0 Å². The van der Waals surface area contributed by atoms with Crippen molar-refractivity contribution in [3.63, 3.8) is 0 Å². The number of benzene rings is 1. The Morgan fingerprint density at radius 2 is 2.00 bits per heavy atom. The molecule has 0 unspecified atom stereocenters. The Balaban J connectivity index is 2.88. The average molecular weight is 286 g/mol. The predicted molar refractivity (Wildman–Crippen MR) is 75.2 cm³/mol. The molecule has 0 saturated heterocycles. The molecule has 19 heavy (non-hydrogen) atoms. The largest absolute Gasteiger partial charge is 0.478 e. The van der Waals surface area contributed by atoms with Crippen LogP contribution in [0.3, 0.4) is 0 Å². The smallest absolute Gasteiger partial charge is 0.335 e. The topological polar surface area (TPSA) is 109 Å². The summed E-state index contributed by atoms with van der Waals surface area (Å²) in [4.78, 5) is 10.8. The lowest BCUT2D eigenvalue weighted by atomic mass is 10.1. The van der Waals surface area contributed by atoms with Gasteiger partial charge in [-0.25, -0.2) is 13.2 Å². The zero-order chi connectivity index (χ0) is 14.8. The standard InChI is InChI=1S/C12H18N2O4S/c1-12(2,19(3,17)18)7-14-10-5-4-8(11(15)16)6-9(10)13/h4-6,14H,7,13H2,1-3H3,(H,15,16). The van der Waals surface area contributed by atoms with E-state index in [9.17, 15) is 13.2 Å². The maximum atomic E-state index is 11.6. The van der Waals surface area contributed by atoms with E-state index in [0.717, 1.165) is 0 Å². The van der Waals surface area contributed by atoms with Gasteiger partial charge in [0.15, 0.2) is 9.84 Å². The molecular weight excluding hydrogens is 268 g/mol. The summed E-state index contributed by atoms with van der Waals surface area (Å²) in [6.45, 7) is 3.40. The van der Waals surface area contributed by atoms with E-state index >= 15 is 0 Å². The van der Waals surface area contributed by atoms with Gasteiger partial charge in [0.25, 0.3) is 0 Å². The van der Waals surface area contributed by atoms with Crippen LogP contribution in [0.1, 0.15) is 24.2 Å². The second-order valence-corrected chi connectivity index (χ2v) is 7.64. The number of anilines is 2. The zero-order valence-corrected chi connectivity index (χ0v) is 11.9. The number of rotatable bonds is 5.